The molecule has 1 fully saturated rings. The number of piperidine rings is 1. The number of amides is 1. The first-order chi connectivity index (χ1) is 12.3. The van der Waals surface area contributed by atoms with Crippen LogP contribution in [0.5, 0.6) is 0 Å². The number of nitrogens with zero attached hydrogens (tertiary/aromatic N) is 3. The van der Waals surface area contributed by atoms with Crippen molar-refractivity contribution in [1.82, 2.24) is 20.0 Å². The van der Waals surface area contributed by atoms with E-state index in [1.54, 1.807) is 47.1 Å². The van der Waals surface area contributed by atoms with Gasteiger partial charge in [-0.05, 0) is 49.7 Å². The second kappa shape index (κ2) is 8.41. The van der Waals surface area contributed by atoms with Crippen LogP contribution in [0.1, 0.15) is 18.4 Å². The first-order valence-corrected chi connectivity index (χ1v) is 10.5. The Morgan fingerprint density at radius 1 is 1.26 bits per heavy atom. The second-order valence-electron chi connectivity index (χ2n) is 6.81. The standard InChI is InChI=1S/C18H24N4O3S.ClH/c1-21(14-15-4-6-16(7-5-15)26(2,24)25)17(23)18(8-11-19-12-9-18)22-13-3-10-20-22;/h3-7,10,13,19H,8-9,11-12,14H2,1-2H3;1H. The molecular formula is C18H25ClN4O3S. The summed E-state index contributed by atoms with van der Waals surface area (Å²) >= 11 is 0. The van der Waals surface area contributed by atoms with Gasteiger partial charge in [-0.15, -0.1) is 12.4 Å². The van der Waals surface area contributed by atoms with Crippen LogP contribution in [0, 0.1) is 0 Å². The molecule has 1 saturated heterocycles. The molecule has 3 rings (SSSR count). The molecule has 0 aliphatic carbocycles. The summed E-state index contributed by atoms with van der Waals surface area (Å²) in [5, 5.41) is 7.63. The molecule has 0 spiro atoms. The van der Waals surface area contributed by atoms with Crippen molar-refractivity contribution in [2.24, 2.45) is 0 Å². The number of aromatic nitrogens is 2. The Morgan fingerprint density at radius 2 is 1.89 bits per heavy atom. The molecule has 7 nitrogen and oxygen atoms in total. The monoisotopic (exact) mass is 412 g/mol. The summed E-state index contributed by atoms with van der Waals surface area (Å²) in [4.78, 5) is 15.3. The third kappa shape index (κ3) is 4.51. The Morgan fingerprint density at radius 3 is 2.41 bits per heavy atom. The fourth-order valence-electron chi connectivity index (χ4n) is 3.45. The first-order valence-electron chi connectivity index (χ1n) is 8.58. The van der Waals surface area contributed by atoms with Crippen LogP contribution in [-0.2, 0) is 26.7 Å². The zero-order valence-electron chi connectivity index (χ0n) is 15.5. The Labute approximate surface area is 166 Å². The van der Waals surface area contributed by atoms with Crippen molar-refractivity contribution in [3.05, 3.63) is 48.3 Å². The van der Waals surface area contributed by atoms with Gasteiger partial charge in [-0.3, -0.25) is 9.48 Å². The van der Waals surface area contributed by atoms with Crippen LogP contribution in [0.25, 0.3) is 0 Å². The van der Waals surface area contributed by atoms with Gasteiger partial charge >= 0.3 is 0 Å². The molecule has 1 aliphatic rings. The number of rotatable bonds is 5. The van der Waals surface area contributed by atoms with Gasteiger partial charge in [-0.25, -0.2) is 8.42 Å². The summed E-state index contributed by atoms with van der Waals surface area (Å²) in [5.41, 5.74) is 0.216. The summed E-state index contributed by atoms with van der Waals surface area (Å²) in [5.74, 6) is 0.0230. The number of carbonyl (C=O) groups excluding carboxylic acids is 1. The molecule has 27 heavy (non-hydrogen) atoms. The normalized spacial score (nSPS) is 16.4. The smallest absolute Gasteiger partial charge is 0.250 e. The number of hydrogen-bond acceptors (Lipinski definition) is 5. The highest BCUT2D eigenvalue weighted by molar-refractivity contribution is 7.90. The van der Waals surface area contributed by atoms with Crippen LogP contribution in [0.2, 0.25) is 0 Å². The van der Waals surface area contributed by atoms with Gasteiger partial charge in [-0.2, -0.15) is 5.10 Å². The van der Waals surface area contributed by atoms with E-state index in [4.69, 9.17) is 0 Å². The lowest BCUT2D eigenvalue weighted by Gasteiger charge is -2.39. The van der Waals surface area contributed by atoms with E-state index in [-0.39, 0.29) is 23.2 Å². The zero-order chi connectivity index (χ0) is 18.8. The van der Waals surface area contributed by atoms with Crippen molar-refractivity contribution in [3.8, 4) is 0 Å². The number of hydrogen-bond donors (Lipinski definition) is 1. The van der Waals surface area contributed by atoms with Gasteiger partial charge in [0.15, 0.2) is 9.84 Å². The average Bonchev–Trinajstić information content (AvgIpc) is 3.16. The predicted octanol–water partition coefficient (Wildman–Crippen LogP) is 1.45. The second-order valence-corrected chi connectivity index (χ2v) is 8.83. The maximum Gasteiger partial charge on any atom is 0.250 e. The molecule has 0 atom stereocenters. The van der Waals surface area contributed by atoms with Gasteiger partial charge in [0.1, 0.15) is 5.54 Å². The van der Waals surface area contributed by atoms with E-state index in [2.05, 4.69) is 10.4 Å². The van der Waals surface area contributed by atoms with Crippen LogP contribution in [-0.4, -0.2) is 55.4 Å². The highest BCUT2D eigenvalue weighted by Gasteiger charge is 2.43. The van der Waals surface area contributed by atoms with Gasteiger partial charge < -0.3 is 10.2 Å². The third-order valence-electron chi connectivity index (χ3n) is 4.89. The van der Waals surface area contributed by atoms with Gasteiger partial charge in [0.2, 0.25) is 0 Å². The van der Waals surface area contributed by atoms with E-state index >= 15 is 0 Å². The van der Waals surface area contributed by atoms with Crippen molar-refractivity contribution >= 4 is 28.2 Å². The van der Waals surface area contributed by atoms with Gasteiger partial charge in [-0.1, -0.05) is 12.1 Å². The SMILES string of the molecule is CN(Cc1ccc(S(C)(=O)=O)cc1)C(=O)C1(n2cccn2)CCNCC1.Cl. The Hall–Kier alpha value is -1.90. The van der Waals surface area contributed by atoms with Crippen molar-refractivity contribution in [1.29, 1.82) is 0 Å². The summed E-state index contributed by atoms with van der Waals surface area (Å²) < 4.78 is 24.9. The molecule has 0 unspecified atom stereocenters. The minimum absolute atomic E-state index is 0. The summed E-state index contributed by atoms with van der Waals surface area (Å²) in [6.45, 7) is 1.95. The van der Waals surface area contributed by atoms with Crippen LogP contribution in [0.3, 0.4) is 0 Å². The fourth-order valence-corrected chi connectivity index (χ4v) is 4.08. The quantitative estimate of drug-likeness (QED) is 0.803. The van der Waals surface area contributed by atoms with Crippen LogP contribution in [0.15, 0.2) is 47.6 Å². The number of halogens is 1. The molecular weight excluding hydrogens is 388 g/mol. The highest BCUT2D eigenvalue weighted by Crippen LogP contribution is 2.29. The van der Waals surface area contributed by atoms with Crippen LogP contribution in [0.4, 0.5) is 0 Å². The largest absolute Gasteiger partial charge is 0.339 e. The maximum atomic E-state index is 13.3. The maximum absolute atomic E-state index is 13.3. The lowest BCUT2D eigenvalue weighted by Crippen LogP contribution is -2.54. The Balaban J connectivity index is 0.00000261. The van der Waals surface area contributed by atoms with E-state index in [0.29, 0.717) is 19.4 Å². The lowest BCUT2D eigenvalue weighted by molar-refractivity contribution is -0.142. The Kier molecular flexibility index (Phi) is 6.67. The van der Waals surface area contributed by atoms with Crippen molar-refractivity contribution < 1.29 is 13.2 Å². The van der Waals surface area contributed by atoms with E-state index in [1.165, 1.54) is 6.26 Å². The van der Waals surface area contributed by atoms with Crippen LogP contribution < -0.4 is 5.32 Å². The minimum Gasteiger partial charge on any atom is -0.339 e. The lowest BCUT2D eigenvalue weighted by atomic mass is 9.86. The number of sulfone groups is 1. The average molecular weight is 413 g/mol. The molecule has 0 saturated carbocycles. The number of likely N-dealkylation sites (N-methyl/N-ethyl adjacent to an activating group) is 1. The molecule has 1 aliphatic heterocycles. The van der Waals surface area contributed by atoms with Crippen molar-refractivity contribution in [3.63, 3.8) is 0 Å². The third-order valence-corrected chi connectivity index (χ3v) is 6.02. The van der Waals surface area contributed by atoms with E-state index < -0.39 is 15.4 Å². The fraction of sp³-hybridized carbons (Fsp3) is 0.444. The minimum atomic E-state index is -3.22. The van der Waals surface area contributed by atoms with E-state index in [0.717, 1.165) is 18.7 Å². The zero-order valence-corrected chi connectivity index (χ0v) is 17.1. The molecule has 1 N–H and O–H groups in total. The summed E-state index contributed by atoms with van der Waals surface area (Å²) in [7, 11) is -1.44. The predicted molar refractivity (Wildman–Crippen MR) is 106 cm³/mol. The van der Waals surface area contributed by atoms with Gasteiger partial charge in [0.25, 0.3) is 5.91 Å². The van der Waals surface area contributed by atoms with Gasteiger partial charge in [0, 0.05) is 32.2 Å². The van der Waals surface area contributed by atoms with Crippen molar-refractivity contribution in [2.75, 3.05) is 26.4 Å². The molecule has 1 aromatic carbocycles. The molecule has 1 aromatic heterocycles. The topological polar surface area (TPSA) is 84.3 Å². The van der Waals surface area contributed by atoms with Crippen LogP contribution >= 0.6 is 12.4 Å². The molecule has 148 valence electrons. The van der Waals surface area contributed by atoms with Crippen molar-refractivity contribution in [2.45, 2.75) is 29.8 Å². The van der Waals surface area contributed by atoms with E-state index in [1.807, 2.05) is 12.3 Å². The van der Waals surface area contributed by atoms with E-state index in [9.17, 15) is 13.2 Å². The number of carbonyl (C=O) groups is 1. The Bertz CT molecular complexity index is 861. The number of benzene rings is 1. The molecule has 0 radical (unpaired) electrons. The molecule has 2 aromatic rings. The molecule has 0 bridgehead atoms. The molecule has 2 heterocycles. The molecule has 1 amide bonds. The molecule has 9 heteroatoms. The summed E-state index contributed by atoms with van der Waals surface area (Å²) in [6, 6.07) is 8.50. The van der Waals surface area contributed by atoms with Gasteiger partial charge in [0.05, 0.1) is 4.90 Å². The highest BCUT2D eigenvalue weighted by atomic mass is 35.5. The first kappa shape index (κ1) is 21.4. The number of nitrogens with one attached hydrogen (secondary N) is 1. The summed E-state index contributed by atoms with van der Waals surface area (Å²) in [6.07, 6.45) is 6.09.